The number of carbonyl (C=O) groups excluding carboxylic acids is 1. The van der Waals surface area contributed by atoms with Gasteiger partial charge in [-0.1, -0.05) is 65.7 Å². The predicted octanol–water partition coefficient (Wildman–Crippen LogP) is 6.73. The number of hydrogen-bond donors (Lipinski definition) is 1. The minimum atomic E-state index is -0.656. The summed E-state index contributed by atoms with van der Waals surface area (Å²) >= 11 is 12.0. The Balaban J connectivity index is 1.67. The van der Waals surface area contributed by atoms with Gasteiger partial charge in [0.15, 0.2) is 0 Å². The number of hydrogen-bond acceptors (Lipinski definition) is 4. The molecule has 4 rings (SSSR count). The lowest BCUT2D eigenvalue weighted by atomic mass is 10.0. The zero-order valence-electron chi connectivity index (χ0n) is 15.5. The fourth-order valence-electron chi connectivity index (χ4n) is 2.81. The second kappa shape index (κ2) is 8.95. The van der Waals surface area contributed by atoms with Gasteiger partial charge in [0.25, 0.3) is 0 Å². The van der Waals surface area contributed by atoms with Gasteiger partial charge in [-0.25, -0.2) is 14.8 Å². The smallest absolute Gasteiger partial charge is 0.389 e. The van der Waals surface area contributed by atoms with E-state index in [0.717, 1.165) is 11.1 Å². The molecule has 0 atom stereocenters. The third-order valence-electron chi connectivity index (χ3n) is 4.20. The third kappa shape index (κ3) is 4.76. The Morgan fingerprint density at radius 2 is 1.33 bits per heavy atom. The maximum Gasteiger partial charge on any atom is 0.418 e. The highest BCUT2D eigenvalue weighted by atomic mass is 35.5. The summed E-state index contributed by atoms with van der Waals surface area (Å²) in [7, 11) is 0. The maximum atomic E-state index is 12.2. The second-order valence-electron chi connectivity index (χ2n) is 6.30. The third-order valence-corrected chi connectivity index (χ3v) is 4.71. The number of para-hydroxylation sites is 1. The molecule has 4 aromatic rings. The molecular weight excluding hydrogens is 421 g/mol. The molecule has 1 N–H and O–H groups in total. The Morgan fingerprint density at radius 3 is 1.93 bits per heavy atom. The molecule has 1 heterocycles. The van der Waals surface area contributed by atoms with Gasteiger partial charge in [-0.2, -0.15) is 0 Å². The number of amides is 1. The van der Waals surface area contributed by atoms with Gasteiger partial charge >= 0.3 is 6.09 Å². The zero-order valence-corrected chi connectivity index (χ0v) is 17.1. The average Bonchev–Trinajstić information content (AvgIpc) is 2.76. The molecule has 7 heteroatoms. The van der Waals surface area contributed by atoms with Crippen LogP contribution in [-0.2, 0) is 0 Å². The largest absolute Gasteiger partial charge is 0.418 e. The molecule has 148 valence electrons. The standard InChI is InChI=1S/C23H15Cl2N3O2/c24-17-10-6-15(7-11-17)21-22(16-8-12-18(25)13-9-16)28-20(14-26-21)30-23(29)27-19-4-2-1-3-5-19/h1-14H,(H,27,29). The van der Waals surface area contributed by atoms with Crippen molar-refractivity contribution in [2.75, 3.05) is 5.32 Å². The highest BCUT2D eigenvalue weighted by molar-refractivity contribution is 6.31. The Bertz CT molecular complexity index is 1170. The van der Waals surface area contributed by atoms with Gasteiger partial charge in [-0.15, -0.1) is 0 Å². The van der Waals surface area contributed by atoms with Crippen LogP contribution in [0.3, 0.4) is 0 Å². The van der Waals surface area contributed by atoms with Gasteiger partial charge in [0.05, 0.1) is 11.9 Å². The van der Waals surface area contributed by atoms with E-state index in [1.165, 1.54) is 6.20 Å². The van der Waals surface area contributed by atoms with E-state index in [1.807, 2.05) is 42.5 Å². The van der Waals surface area contributed by atoms with Crippen molar-refractivity contribution < 1.29 is 9.53 Å². The average molecular weight is 436 g/mol. The normalized spacial score (nSPS) is 10.5. The monoisotopic (exact) mass is 435 g/mol. The lowest BCUT2D eigenvalue weighted by Gasteiger charge is -2.11. The molecule has 5 nitrogen and oxygen atoms in total. The lowest BCUT2D eigenvalue weighted by Crippen LogP contribution is -2.17. The number of aromatic nitrogens is 2. The van der Waals surface area contributed by atoms with E-state index in [1.54, 1.807) is 36.4 Å². The van der Waals surface area contributed by atoms with Gasteiger partial charge in [0.2, 0.25) is 5.88 Å². The first-order valence-electron chi connectivity index (χ1n) is 9.01. The Hall–Kier alpha value is -3.41. The summed E-state index contributed by atoms with van der Waals surface area (Å²) in [6.45, 7) is 0. The van der Waals surface area contributed by atoms with Crippen LogP contribution in [0.4, 0.5) is 10.5 Å². The van der Waals surface area contributed by atoms with Crippen LogP contribution in [0.25, 0.3) is 22.5 Å². The molecule has 0 radical (unpaired) electrons. The van der Waals surface area contributed by atoms with E-state index in [-0.39, 0.29) is 5.88 Å². The Kier molecular flexibility index (Phi) is 5.93. The summed E-state index contributed by atoms with van der Waals surface area (Å²) in [5.41, 5.74) is 3.41. The molecule has 0 aliphatic rings. The zero-order chi connectivity index (χ0) is 20.9. The molecule has 0 spiro atoms. The molecule has 0 fully saturated rings. The summed E-state index contributed by atoms with van der Waals surface area (Å²) in [5.74, 6) is 0.0751. The lowest BCUT2D eigenvalue weighted by molar-refractivity contribution is 0.213. The van der Waals surface area contributed by atoms with Crippen molar-refractivity contribution in [1.82, 2.24) is 9.97 Å². The van der Waals surface area contributed by atoms with Crippen LogP contribution < -0.4 is 10.1 Å². The molecular formula is C23H15Cl2N3O2. The van der Waals surface area contributed by atoms with E-state index in [9.17, 15) is 4.79 Å². The summed E-state index contributed by atoms with van der Waals surface area (Å²) < 4.78 is 5.34. The molecule has 0 bridgehead atoms. The molecule has 0 saturated carbocycles. The first-order valence-corrected chi connectivity index (χ1v) is 9.77. The molecule has 30 heavy (non-hydrogen) atoms. The minimum absolute atomic E-state index is 0.0751. The molecule has 0 saturated heterocycles. The number of anilines is 1. The van der Waals surface area contributed by atoms with E-state index >= 15 is 0 Å². The number of rotatable bonds is 4. The molecule has 0 aliphatic carbocycles. The van der Waals surface area contributed by atoms with Crippen molar-refractivity contribution in [2.45, 2.75) is 0 Å². The van der Waals surface area contributed by atoms with Crippen LogP contribution in [0.1, 0.15) is 0 Å². The Morgan fingerprint density at radius 1 is 0.767 bits per heavy atom. The van der Waals surface area contributed by atoms with Crippen LogP contribution in [0.2, 0.25) is 10.0 Å². The minimum Gasteiger partial charge on any atom is -0.389 e. The number of ether oxygens (including phenoxy) is 1. The first kappa shape index (κ1) is 19.9. The van der Waals surface area contributed by atoms with E-state index in [0.29, 0.717) is 27.1 Å². The van der Waals surface area contributed by atoms with Gasteiger partial charge < -0.3 is 4.74 Å². The number of nitrogens with zero attached hydrogens (tertiary/aromatic N) is 2. The number of halogens is 2. The highest BCUT2D eigenvalue weighted by Gasteiger charge is 2.15. The maximum absolute atomic E-state index is 12.2. The quantitative estimate of drug-likeness (QED) is 0.385. The summed E-state index contributed by atoms with van der Waals surface area (Å²) in [6.07, 6.45) is 0.755. The SMILES string of the molecule is O=C(Nc1ccccc1)Oc1cnc(-c2ccc(Cl)cc2)c(-c2ccc(Cl)cc2)n1. The number of carbonyl (C=O) groups is 1. The van der Waals surface area contributed by atoms with Crippen molar-refractivity contribution in [2.24, 2.45) is 0 Å². The highest BCUT2D eigenvalue weighted by Crippen LogP contribution is 2.31. The second-order valence-corrected chi connectivity index (χ2v) is 7.17. The van der Waals surface area contributed by atoms with Crippen LogP contribution in [0.15, 0.2) is 85.1 Å². The van der Waals surface area contributed by atoms with Crippen LogP contribution in [-0.4, -0.2) is 16.1 Å². The van der Waals surface area contributed by atoms with E-state index < -0.39 is 6.09 Å². The van der Waals surface area contributed by atoms with Gasteiger partial charge in [0, 0.05) is 26.9 Å². The number of nitrogens with one attached hydrogen (secondary N) is 1. The van der Waals surface area contributed by atoms with Crippen molar-refractivity contribution in [1.29, 1.82) is 0 Å². The van der Waals surface area contributed by atoms with Crippen LogP contribution >= 0.6 is 23.2 Å². The summed E-state index contributed by atoms with van der Waals surface area (Å²) in [5, 5.41) is 3.88. The summed E-state index contributed by atoms with van der Waals surface area (Å²) in [6, 6.07) is 23.5. The van der Waals surface area contributed by atoms with E-state index in [4.69, 9.17) is 27.9 Å². The van der Waals surface area contributed by atoms with Crippen LogP contribution in [0, 0.1) is 0 Å². The van der Waals surface area contributed by atoms with Gasteiger partial charge in [-0.3, -0.25) is 5.32 Å². The summed E-state index contributed by atoms with van der Waals surface area (Å²) in [4.78, 5) is 21.3. The molecule has 3 aromatic carbocycles. The van der Waals surface area contributed by atoms with E-state index in [2.05, 4.69) is 15.3 Å². The van der Waals surface area contributed by atoms with Crippen molar-refractivity contribution in [3.63, 3.8) is 0 Å². The molecule has 0 unspecified atom stereocenters. The molecule has 0 aliphatic heterocycles. The van der Waals surface area contributed by atoms with Crippen molar-refractivity contribution in [3.05, 3.63) is 95.1 Å². The Labute approximate surface area is 183 Å². The number of benzene rings is 3. The van der Waals surface area contributed by atoms with Crippen molar-refractivity contribution >= 4 is 35.0 Å². The van der Waals surface area contributed by atoms with Gasteiger partial charge in [-0.05, 0) is 36.4 Å². The molecule has 1 aromatic heterocycles. The van der Waals surface area contributed by atoms with Gasteiger partial charge in [0.1, 0.15) is 5.69 Å². The topological polar surface area (TPSA) is 64.1 Å². The van der Waals surface area contributed by atoms with Crippen molar-refractivity contribution in [3.8, 4) is 28.4 Å². The fraction of sp³-hybridized carbons (Fsp3) is 0. The molecule has 1 amide bonds. The first-order chi connectivity index (χ1) is 14.6. The predicted molar refractivity (Wildman–Crippen MR) is 119 cm³/mol. The fourth-order valence-corrected chi connectivity index (χ4v) is 3.06. The van der Waals surface area contributed by atoms with Crippen LogP contribution in [0.5, 0.6) is 5.88 Å².